The molecule has 1 fully saturated rings. The van der Waals surface area contributed by atoms with Gasteiger partial charge in [0.25, 0.3) is 5.91 Å². The average Bonchev–Trinajstić information content (AvgIpc) is 3.34. The lowest BCUT2D eigenvalue weighted by atomic mass is 10.2. The number of sulfonamides is 1. The summed E-state index contributed by atoms with van der Waals surface area (Å²) in [4.78, 5) is 12.8. The van der Waals surface area contributed by atoms with Crippen LogP contribution in [0.5, 0.6) is 0 Å². The summed E-state index contributed by atoms with van der Waals surface area (Å²) >= 11 is 4.69. The van der Waals surface area contributed by atoms with Gasteiger partial charge in [-0.05, 0) is 53.4 Å². The molecule has 1 saturated heterocycles. The van der Waals surface area contributed by atoms with Crippen LogP contribution >= 0.6 is 27.3 Å². The number of carbonyl (C=O) groups excluding carboxylic acids is 1. The summed E-state index contributed by atoms with van der Waals surface area (Å²) in [6, 6.07) is 4.52. The molecule has 1 aliphatic heterocycles. The van der Waals surface area contributed by atoms with Crippen molar-refractivity contribution in [3.05, 3.63) is 33.2 Å². The second-order valence-corrected chi connectivity index (χ2v) is 10.5. The Bertz CT molecular complexity index is 940. The van der Waals surface area contributed by atoms with E-state index in [9.17, 15) is 13.2 Å². The van der Waals surface area contributed by atoms with Gasteiger partial charge < -0.3 is 0 Å². The highest BCUT2D eigenvalue weighted by Gasteiger charge is 2.28. The molecule has 1 aromatic heterocycles. The van der Waals surface area contributed by atoms with Crippen LogP contribution in [0.1, 0.15) is 54.4 Å². The first kappa shape index (κ1) is 21.4. The predicted octanol–water partition coefficient (Wildman–Crippen LogP) is 4.07. The van der Waals surface area contributed by atoms with Gasteiger partial charge in [-0.25, -0.2) is 8.42 Å². The largest absolute Gasteiger partial charge is 0.296 e. The van der Waals surface area contributed by atoms with Crippen molar-refractivity contribution >= 4 is 48.3 Å². The molecule has 2 aromatic rings. The van der Waals surface area contributed by atoms with Gasteiger partial charge in [-0.15, -0.1) is 10.2 Å². The van der Waals surface area contributed by atoms with E-state index >= 15 is 0 Å². The predicted molar refractivity (Wildman–Crippen MR) is 113 cm³/mol. The van der Waals surface area contributed by atoms with Crippen molar-refractivity contribution in [2.24, 2.45) is 0 Å². The van der Waals surface area contributed by atoms with Crippen molar-refractivity contribution < 1.29 is 13.2 Å². The Morgan fingerprint density at radius 2 is 2.00 bits per heavy atom. The number of carbonyl (C=O) groups is 1. The summed E-state index contributed by atoms with van der Waals surface area (Å²) in [5, 5.41) is 12.1. The number of halogens is 1. The SMILES string of the molecule is CCCCCc1nnc(NC(=O)c2cc(S(=O)(=O)N3CCCC3)ccc2Br)s1. The van der Waals surface area contributed by atoms with Crippen molar-refractivity contribution in [3.8, 4) is 0 Å². The van der Waals surface area contributed by atoms with E-state index < -0.39 is 15.9 Å². The van der Waals surface area contributed by atoms with Gasteiger partial charge in [0.1, 0.15) is 5.01 Å². The van der Waals surface area contributed by atoms with Crippen LogP contribution in [-0.2, 0) is 16.4 Å². The Kier molecular flexibility index (Phi) is 7.19. The molecule has 1 aliphatic rings. The summed E-state index contributed by atoms with van der Waals surface area (Å²) in [6.07, 6.45) is 5.87. The van der Waals surface area contributed by atoms with Gasteiger partial charge in [0.15, 0.2) is 0 Å². The number of aryl methyl sites for hydroxylation is 1. The van der Waals surface area contributed by atoms with Gasteiger partial charge in [-0.3, -0.25) is 10.1 Å². The fourth-order valence-electron chi connectivity index (χ4n) is 3.01. The van der Waals surface area contributed by atoms with E-state index in [4.69, 9.17) is 0 Å². The molecular formula is C18H23BrN4O3S2. The monoisotopic (exact) mass is 486 g/mol. The van der Waals surface area contributed by atoms with E-state index in [-0.39, 0.29) is 10.5 Å². The Hall–Kier alpha value is -1.36. The lowest BCUT2D eigenvalue weighted by molar-refractivity contribution is 0.102. The van der Waals surface area contributed by atoms with Gasteiger partial charge >= 0.3 is 0 Å². The number of hydrogen-bond donors (Lipinski definition) is 1. The maximum Gasteiger partial charge on any atom is 0.258 e. The molecular weight excluding hydrogens is 464 g/mol. The van der Waals surface area contributed by atoms with Gasteiger partial charge in [-0.1, -0.05) is 31.1 Å². The maximum atomic E-state index is 12.8. The van der Waals surface area contributed by atoms with Crippen molar-refractivity contribution in [2.45, 2.75) is 50.3 Å². The Labute approximate surface area is 177 Å². The number of hydrogen-bond acceptors (Lipinski definition) is 6. The van der Waals surface area contributed by atoms with Crippen LogP contribution in [0.25, 0.3) is 0 Å². The summed E-state index contributed by atoms with van der Waals surface area (Å²) in [5.74, 6) is -0.415. The van der Waals surface area contributed by atoms with E-state index in [1.807, 2.05) is 0 Å². The third-order valence-electron chi connectivity index (χ3n) is 4.57. The normalized spacial score (nSPS) is 15.1. The number of amides is 1. The zero-order chi connectivity index (χ0) is 20.1. The smallest absolute Gasteiger partial charge is 0.258 e. The molecule has 152 valence electrons. The first-order chi connectivity index (χ1) is 13.4. The molecule has 28 heavy (non-hydrogen) atoms. The van der Waals surface area contributed by atoms with Crippen molar-refractivity contribution in [1.29, 1.82) is 0 Å². The lowest BCUT2D eigenvalue weighted by Crippen LogP contribution is -2.28. The van der Waals surface area contributed by atoms with E-state index in [2.05, 4.69) is 38.4 Å². The van der Waals surface area contributed by atoms with E-state index in [0.29, 0.717) is 22.7 Å². The number of unbranched alkanes of at least 4 members (excludes halogenated alkanes) is 2. The van der Waals surface area contributed by atoms with Gasteiger partial charge in [-0.2, -0.15) is 4.31 Å². The van der Waals surface area contributed by atoms with Gasteiger partial charge in [0.2, 0.25) is 15.2 Å². The number of rotatable bonds is 8. The Balaban J connectivity index is 1.75. The zero-order valence-corrected chi connectivity index (χ0v) is 18.9. The molecule has 1 N–H and O–H groups in total. The zero-order valence-electron chi connectivity index (χ0n) is 15.6. The van der Waals surface area contributed by atoms with Crippen LogP contribution in [0.15, 0.2) is 27.6 Å². The highest BCUT2D eigenvalue weighted by molar-refractivity contribution is 9.10. The summed E-state index contributed by atoms with van der Waals surface area (Å²) in [6.45, 7) is 3.18. The number of aromatic nitrogens is 2. The van der Waals surface area contributed by atoms with Crippen LogP contribution in [-0.4, -0.2) is 41.9 Å². The molecule has 0 bridgehead atoms. The minimum Gasteiger partial charge on any atom is -0.296 e. The van der Waals surface area contributed by atoms with E-state index in [1.54, 1.807) is 6.07 Å². The summed E-state index contributed by atoms with van der Waals surface area (Å²) < 4.78 is 27.5. The molecule has 7 nitrogen and oxygen atoms in total. The fourth-order valence-corrected chi connectivity index (χ4v) is 5.76. The summed E-state index contributed by atoms with van der Waals surface area (Å²) in [7, 11) is -3.59. The molecule has 0 saturated carbocycles. The molecule has 2 heterocycles. The number of nitrogens with zero attached hydrogens (tertiary/aromatic N) is 3. The molecule has 0 aliphatic carbocycles. The molecule has 0 atom stereocenters. The fraction of sp³-hybridized carbons (Fsp3) is 0.500. The first-order valence-corrected chi connectivity index (χ1v) is 12.4. The second kappa shape index (κ2) is 9.43. The highest BCUT2D eigenvalue weighted by atomic mass is 79.9. The average molecular weight is 487 g/mol. The maximum absolute atomic E-state index is 12.8. The van der Waals surface area contributed by atoms with Crippen LogP contribution in [0.3, 0.4) is 0 Å². The molecule has 3 rings (SSSR count). The standard InChI is InChI=1S/C18H23BrN4O3S2/c1-2-3-4-7-16-21-22-18(27-16)20-17(24)14-12-13(8-9-15(14)19)28(25,26)23-10-5-6-11-23/h8-9,12H,2-7,10-11H2,1H3,(H,20,22,24). The molecule has 0 unspecified atom stereocenters. The van der Waals surface area contributed by atoms with Crippen LogP contribution in [0, 0.1) is 0 Å². The topological polar surface area (TPSA) is 92.3 Å². The van der Waals surface area contributed by atoms with Crippen molar-refractivity contribution in [2.75, 3.05) is 18.4 Å². The van der Waals surface area contributed by atoms with Crippen LogP contribution < -0.4 is 5.32 Å². The molecule has 10 heteroatoms. The number of anilines is 1. The minimum absolute atomic E-state index is 0.125. The minimum atomic E-state index is -3.59. The molecule has 0 spiro atoms. The van der Waals surface area contributed by atoms with Crippen LogP contribution in [0.4, 0.5) is 5.13 Å². The molecule has 0 radical (unpaired) electrons. The van der Waals surface area contributed by atoms with Crippen molar-refractivity contribution in [1.82, 2.24) is 14.5 Å². The Morgan fingerprint density at radius 1 is 1.25 bits per heavy atom. The van der Waals surface area contributed by atoms with Gasteiger partial charge in [0, 0.05) is 24.0 Å². The Morgan fingerprint density at radius 3 is 2.71 bits per heavy atom. The second-order valence-electron chi connectivity index (χ2n) is 6.67. The van der Waals surface area contributed by atoms with E-state index in [0.717, 1.165) is 43.5 Å². The van der Waals surface area contributed by atoms with Crippen LogP contribution in [0.2, 0.25) is 0 Å². The highest BCUT2D eigenvalue weighted by Crippen LogP contribution is 2.27. The van der Waals surface area contributed by atoms with Gasteiger partial charge in [0.05, 0.1) is 10.5 Å². The quantitative estimate of drug-likeness (QED) is 0.567. The van der Waals surface area contributed by atoms with Crippen molar-refractivity contribution in [3.63, 3.8) is 0 Å². The third kappa shape index (κ3) is 4.97. The molecule has 1 amide bonds. The summed E-state index contributed by atoms with van der Waals surface area (Å²) in [5.41, 5.74) is 0.253. The third-order valence-corrected chi connectivity index (χ3v) is 8.05. The van der Waals surface area contributed by atoms with E-state index in [1.165, 1.54) is 27.8 Å². The lowest BCUT2D eigenvalue weighted by Gasteiger charge is -2.16. The number of nitrogens with one attached hydrogen (secondary N) is 1. The molecule has 1 aromatic carbocycles. The number of benzene rings is 1. The first-order valence-electron chi connectivity index (χ1n) is 9.35.